The number of hydrogen-bond acceptors (Lipinski definition) is 0. The number of aryl methyl sites for hydroxylation is 2. The van der Waals surface area contributed by atoms with E-state index in [2.05, 4.69) is 48.7 Å². The molecule has 1 aliphatic rings. The number of rotatable bonds is 0. The standard InChI is InChI=1S/C14H15N/c1-10-9-14-13-6-4-3-5-12(13)7-8-15(14)11(10)2/h3-6,9H,7-8H2,1-2H3. The quantitative estimate of drug-likeness (QED) is 0.610. The van der Waals surface area contributed by atoms with Crippen molar-refractivity contribution in [2.75, 3.05) is 0 Å². The van der Waals surface area contributed by atoms with Gasteiger partial charge in [-0.05, 0) is 37.5 Å². The van der Waals surface area contributed by atoms with Gasteiger partial charge < -0.3 is 4.57 Å². The first kappa shape index (κ1) is 8.78. The van der Waals surface area contributed by atoms with Crippen LogP contribution < -0.4 is 0 Å². The van der Waals surface area contributed by atoms with Crippen molar-refractivity contribution in [2.45, 2.75) is 26.8 Å². The van der Waals surface area contributed by atoms with Gasteiger partial charge >= 0.3 is 0 Å². The smallest absolute Gasteiger partial charge is 0.0488 e. The molecule has 0 N–H and O–H groups in total. The second-order valence-corrected chi connectivity index (χ2v) is 4.36. The second-order valence-electron chi connectivity index (χ2n) is 4.36. The lowest BCUT2D eigenvalue weighted by molar-refractivity contribution is 0.670. The zero-order valence-electron chi connectivity index (χ0n) is 9.25. The Morgan fingerprint density at radius 1 is 1.13 bits per heavy atom. The summed E-state index contributed by atoms with van der Waals surface area (Å²) in [6.07, 6.45) is 1.16. The molecular formula is C14H15N. The van der Waals surface area contributed by atoms with E-state index in [0.29, 0.717) is 0 Å². The van der Waals surface area contributed by atoms with Gasteiger partial charge in [-0.25, -0.2) is 0 Å². The molecule has 1 aromatic heterocycles. The van der Waals surface area contributed by atoms with Crippen molar-refractivity contribution in [1.29, 1.82) is 0 Å². The molecule has 0 saturated carbocycles. The summed E-state index contributed by atoms with van der Waals surface area (Å²) in [5.41, 5.74) is 7.12. The highest BCUT2D eigenvalue weighted by Crippen LogP contribution is 2.32. The lowest BCUT2D eigenvalue weighted by atomic mass is 9.99. The van der Waals surface area contributed by atoms with Crippen molar-refractivity contribution in [3.05, 3.63) is 47.2 Å². The fourth-order valence-electron chi connectivity index (χ4n) is 2.51. The van der Waals surface area contributed by atoms with Gasteiger partial charge in [-0.2, -0.15) is 0 Å². The van der Waals surface area contributed by atoms with Gasteiger partial charge in [0.05, 0.1) is 0 Å². The summed E-state index contributed by atoms with van der Waals surface area (Å²) in [6.45, 7) is 5.54. The molecule has 15 heavy (non-hydrogen) atoms. The van der Waals surface area contributed by atoms with E-state index in [0.717, 1.165) is 13.0 Å². The Morgan fingerprint density at radius 2 is 1.93 bits per heavy atom. The van der Waals surface area contributed by atoms with Crippen molar-refractivity contribution in [3.8, 4) is 11.3 Å². The van der Waals surface area contributed by atoms with Crippen LogP contribution in [0.15, 0.2) is 30.3 Å². The van der Waals surface area contributed by atoms with Gasteiger partial charge in [0, 0.05) is 23.5 Å². The van der Waals surface area contributed by atoms with Crippen LogP contribution in [0.5, 0.6) is 0 Å². The first-order valence-corrected chi connectivity index (χ1v) is 5.52. The van der Waals surface area contributed by atoms with Gasteiger partial charge in [-0.15, -0.1) is 0 Å². The van der Waals surface area contributed by atoms with E-state index in [9.17, 15) is 0 Å². The number of aromatic nitrogens is 1. The molecule has 0 bridgehead atoms. The van der Waals surface area contributed by atoms with E-state index in [1.54, 1.807) is 0 Å². The van der Waals surface area contributed by atoms with E-state index in [-0.39, 0.29) is 0 Å². The highest BCUT2D eigenvalue weighted by molar-refractivity contribution is 5.67. The average molecular weight is 197 g/mol. The predicted molar refractivity (Wildman–Crippen MR) is 63.0 cm³/mol. The molecule has 1 nitrogen and oxygen atoms in total. The summed E-state index contributed by atoms with van der Waals surface area (Å²) in [6, 6.07) is 11.1. The minimum atomic E-state index is 1.13. The third kappa shape index (κ3) is 1.16. The molecule has 1 aromatic carbocycles. The predicted octanol–water partition coefficient (Wildman–Crippen LogP) is 3.33. The van der Waals surface area contributed by atoms with Crippen LogP contribution in [0, 0.1) is 13.8 Å². The first-order chi connectivity index (χ1) is 7.27. The SMILES string of the molecule is Cc1cc2n(c1C)CCc1ccccc1-2. The molecular weight excluding hydrogens is 182 g/mol. The van der Waals surface area contributed by atoms with Crippen LogP contribution in [0.1, 0.15) is 16.8 Å². The van der Waals surface area contributed by atoms with Crippen molar-refractivity contribution >= 4 is 0 Å². The third-order valence-electron chi connectivity index (χ3n) is 3.52. The Bertz CT molecular complexity index is 520. The summed E-state index contributed by atoms with van der Waals surface area (Å²) < 4.78 is 2.44. The summed E-state index contributed by atoms with van der Waals surface area (Å²) >= 11 is 0. The Kier molecular flexibility index (Phi) is 1.75. The molecule has 0 unspecified atom stereocenters. The van der Waals surface area contributed by atoms with Crippen LogP contribution in [0.3, 0.4) is 0 Å². The van der Waals surface area contributed by atoms with Crippen molar-refractivity contribution in [2.24, 2.45) is 0 Å². The molecule has 0 spiro atoms. The Morgan fingerprint density at radius 3 is 2.80 bits per heavy atom. The van der Waals surface area contributed by atoms with Crippen LogP contribution in [0.25, 0.3) is 11.3 Å². The third-order valence-corrected chi connectivity index (χ3v) is 3.52. The molecule has 1 heteroatoms. The summed E-state index contributed by atoms with van der Waals surface area (Å²) in [7, 11) is 0. The maximum absolute atomic E-state index is 2.44. The van der Waals surface area contributed by atoms with Crippen molar-refractivity contribution in [1.82, 2.24) is 4.57 Å². The minimum Gasteiger partial charge on any atom is -0.344 e. The highest BCUT2D eigenvalue weighted by Gasteiger charge is 2.17. The topological polar surface area (TPSA) is 4.93 Å². The molecule has 0 saturated heterocycles. The monoisotopic (exact) mass is 197 g/mol. The average Bonchev–Trinajstić information content (AvgIpc) is 2.56. The largest absolute Gasteiger partial charge is 0.344 e. The van der Waals surface area contributed by atoms with Gasteiger partial charge in [0.15, 0.2) is 0 Å². The first-order valence-electron chi connectivity index (χ1n) is 5.52. The number of hydrogen-bond donors (Lipinski definition) is 0. The van der Waals surface area contributed by atoms with E-state index in [1.165, 1.54) is 28.1 Å². The van der Waals surface area contributed by atoms with E-state index >= 15 is 0 Å². The van der Waals surface area contributed by atoms with E-state index < -0.39 is 0 Å². The maximum Gasteiger partial charge on any atom is 0.0488 e. The fourth-order valence-corrected chi connectivity index (χ4v) is 2.51. The van der Waals surface area contributed by atoms with Crippen LogP contribution in [-0.4, -0.2) is 4.57 Å². The Labute approximate surface area is 90.4 Å². The summed E-state index contributed by atoms with van der Waals surface area (Å²) in [5.74, 6) is 0. The Balaban J connectivity index is 2.30. The Hall–Kier alpha value is -1.50. The molecule has 2 heterocycles. The molecule has 3 rings (SSSR count). The van der Waals surface area contributed by atoms with Crippen molar-refractivity contribution < 1.29 is 0 Å². The number of nitrogens with zero attached hydrogens (tertiary/aromatic N) is 1. The maximum atomic E-state index is 2.44. The lowest BCUT2D eigenvalue weighted by Gasteiger charge is -2.20. The van der Waals surface area contributed by atoms with Gasteiger partial charge in [-0.1, -0.05) is 24.3 Å². The lowest BCUT2D eigenvalue weighted by Crippen LogP contribution is -2.11. The van der Waals surface area contributed by atoms with Crippen LogP contribution in [0.2, 0.25) is 0 Å². The van der Waals surface area contributed by atoms with E-state index in [1.807, 2.05) is 0 Å². The normalized spacial score (nSPS) is 13.5. The van der Waals surface area contributed by atoms with Gasteiger partial charge in [0.1, 0.15) is 0 Å². The molecule has 2 aromatic rings. The fraction of sp³-hybridized carbons (Fsp3) is 0.286. The van der Waals surface area contributed by atoms with Gasteiger partial charge in [0.2, 0.25) is 0 Å². The summed E-state index contributed by atoms with van der Waals surface area (Å²) in [5, 5.41) is 0. The molecule has 0 fully saturated rings. The molecule has 0 radical (unpaired) electrons. The number of fused-ring (bicyclic) bond motifs is 3. The second kappa shape index (κ2) is 2.99. The van der Waals surface area contributed by atoms with Gasteiger partial charge in [0.25, 0.3) is 0 Å². The van der Waals surface area contributed by atoms with Crippen LogP contribution in [-0.2, 0) is 13.0 Å². The molecule has 0 amide bonds. The number of benzene rings is 1. The summed E-state index contributed by atoms with van der Waals surface area (Å²) in [4.78, 5) is 0. The van der Waals surface area contributed by atoms with E-state index in [4.69, 9.17) is 0 Å². The molecule has 0 atom stereocenters. The van der Waals surface area contributed by atoms with Gasteiger partial charge in [-0.3, -0.25) is 0 Å². The molecule has 1 aliphatic heterocycles. The zero-order valence-corrected chi connectivity index (χ0v) is 9.25. The van der Waals surface area contributed by atoms with Crippen molar-refractivity contribution in [3.63, 3.8) is 0 Å². The molecule has 76 valence electrons. The van der Waals surface area contributed by atoms with Crippen LogP contribution in [0.4, 0.5) is 0 Å². The van der Waals surface area contributed by atoms with Crippen LogP contribution >= 0.6 is 0 Å². The zero-order chi connectivity index (χ0) is 10.4. The molecule has 0 aliphatic carbocycles. The minimum absolute atomic E-state index is 1.13. The highest BCUT2D eigenvalue weighted by atomic mass is 15.0.